The Labute approximate surface area is 53.6 Å². The Balaban J connectivity index is 3.91. The molecule has 3 heteroatoms. The minimum Gasteiger partial charge on any atom is -0.338 e. The topological polar surface area (TPSA) is 37.4 Å². The first kappa shape index (κ1) is 7.70. The number of amides is 1. The van der Waals surface area contributed by atoms with Crippen molar-refractivity contribution in [3.05, 3.63) is 0 Å². The second-order valence-corrected chi connectivity index (χ2v) is 1.59. The van der Waals surface area contributed by atoms with Crippen LogP contribution in [-0.2, 0) is 9.59 Å². The lowest BCUT2D eigenvalue weighted by molar-refractivity contribution is -0.122. The predicted octanol–water partition coefficient (Wildman–Crippen LogP) is -0.723. The van der Waals surface area contributed by atoms with Crippen molar-refractivity contribution in [1.29, 1.82) is 0 Å². The van der Waals surface area contributed by atoms with Gasteiger partial charge in [0.2, 0.25) is 0 Å². The van der Waals surface area contributed by atoms with E-state index in [4.69, 9.17) is 0 Å². The first-order valence-corrected chi connectivity index (χ1v) is 2.35. The summed E-state index contributed by atoms with van der Waals surface area (Å²) < 4.78 is 0. The predicted molar refractivity (Wildman–Crippen MR) is 32.5 cm³/mol. The van der Waals surface area contributed by atoms with Gasteiger partial charge in [0.25, 0.3) is 5.91 Å². The van der Waals surface area contributed by atoms with E-state index in [2.05, 4.69) is 5.92 Å². The van der Waals surface area contributed by atoms with Crippen LogP contribution in [0.1, 0.15) is 0 Å². The molecule has 0 aromatic carbocycles. The fraction of sp³-hybridized carbons (Fsp3) is 0.333. The lowest BCUT2D eigenvalue weighted by Crippen LogP contribution is -2.19. The molecule has 0 rings (SSSR count). The van der Waals surface area contributed by atoms with Gasteiger partial charge >= 0.3 is 0 Å². The lowest BCUT2D eigenvalue weighted by atomic mass is 10.5. The molecule has 1 amide bonds. The van der Waals surface area contributed by atoms with Crippen molar-refractivity contribution in [2.75, 3.05) is 14.1 Å². The van der Waals surface area contributed by atoms with Gasteiger partial charge in [-0.1, -0.05) is 0 Å². The average molecular weight is 125 g/mol. The summed E-state index contributed by atoms with van der Waals surface area (Å²) in [7, 11) is 3.14. The third-order valence-electron chi connectivity index (χ3n) is 0.644. The third-order valence-corrected chi connectivity index (χ3v) is 0.644. The highest BCUT2D eigenvalue weighted by molar-refractivity contribution is 5.96. The van der Waals surface area contributed by atoms with Gasteiger partial charge in [-0.05, 0) is 5.92 Å². The fourth-order valence-electron chi connectivity index (χ4n) is 0.203. The van der Waals surface area contributed by atoms with Crippen molar-refractivity contribution in [2.24, 2.45) is 0 Å². The molecule has 3 nitrogen and oxygen atoms in total. The number of nitrogens with zero attached hydrogens (tertiary/aromatic N) is 1. The van der Waals surface area contributed by atoms with E-state index in [9.17, 15) is 9.59 Å². The molecule has 0 fully saturated rings. The van der Waals surface area contributed by atoms with Crippen LogP contribution in [0.2, 0.25) is 0 Å². The molecule has 0 atom stereocenters. The Hall–Kier alpha value is -1.30. The summed E-state index contributed by atoms with van der Waals surface area (Å²) in [6.45, 7) is 0. The molecule has 0 aliphatic carbocycles. The van der Waals surface area contributed by atoms with Crippen LogP contribution < -0.4 is 0 Å². The Bertz CT molecular complexity index is 173. The molecule has 0 saturated heterocycles. The minimum absolute atomic E-state index is 0.359. The molecule has 0 unspecified atom stereocenters. The monoisotopic (exact) mass is 125 g/mol. The average Bonchev–Trinajstić information content (AvgIpc) is 1.82. The summed E-state index contributed by atoms with van der Waals surface area (Å²) in [5.74, 6) is 3.75. The first-order chi connectivity index (χ1) is 4.18. The Morgan fingerprint density at radius 1 is 1.56 bits per heavy atom. The van der Waals surface area contributed by atoms with Gasteiger partial charge in [0, 0.05) is 20.0 Å². The second-order valence-electron chi connectivity index (χ2n) is 1.59. The largest absolute Gasteiger partial charge is 0.338 e. The highest BCUT2D eigenvalue weighted by Crippen LogP contribution is 1.72. The zero-order valence-electron chi connectivity index (χ0n) is 5.34. The highest BCUT2D eigenvalue weighted by atomic mass is 16.2. The molecule has 0 radical (unpaired) electrons. The quantitative estimate of drug-likeness (QED) is 0.316. The van der Waals surface area contributed by atoms with E-state index in [-0.39, 0.29) is 5.91 Å². The first-order valence-electron chi connectivity index (χ1n) is 2.35. The maximum atomic E-state index is 10.5. The van der Waals surface area contributed by atoms with Crippen molar-refractivity contribution in [3.63, 3.8) is 0 Å². The number of hydrogen-bond acceptors (Lipinski definition) is 2. The van der Waals surface area contributed by atoms with Crippen molar-refractivity contribution in [1.82, 2.24) is 4.90 Å². The summed E-state index contributed by atoms with van der Waals surface area (Å²) in [5.41, 5.74) is 0. The van der Waals surface area contributed by atoms with E-state index in [0.29, 0.717) is 6.29 Å². The van der Waals surface area contributed by atoms with Gasteiger partial charge < -0.3 is 4.90 Å². The SMILES string of the molecule is CN(C)C(=O)C#CC=O. The summed E-state index contributed by atoms with van der Waals surface area (Å²) in [4.78, 5) is 21.4. The Morgan fingerprint density at radius 2 is 2.11 bits per heavy atom. The molecule has 0 aliphatic heterocycles. The number of rotatable bonds is 0. The molecule has 0 bridgehead atoms. The van der Waals surface area contributed by atoms with Crippen LogP contribution in [0.4, 0.5) is 0 Å². The summed E-state index contributed by atoms with van der Waals surface area (Å²) in [6.07, 6.45) is 0.390. The van der Waals surface area contributed by atoms with E-state index < -0.39 is 0 Å². The molecule has 48 valence electrons. The fourth-order valence-corrected chi connectivity index (χ4v) is 0.203. The summed E-state index contributed by atoms with van der Waals surface area (Å²) in [5, 5.41) is 0. The standard InChI is InChI=1S/C6H7NO2/c1-7(2)6(9)4-3-5-8/h5H,1-2H3. The van der Waals surface area contributed by atoms with Gasteiger partial charge in [-0.3, -0.25) is 9.59 Å². The van der Waals surface area contributed by atoms with Crippen LogP contribution in [0, 0.1) is 11.8 Å². The number of carbonyl (C=O) groups excluding carboxylic acids is 2. The van der Waals surface area contributed by atoms with Crippen molar-refractivity contribution >= 4 is 12.2 Å². The van der Waals surface area contributed by atoms with Crippen LogP contribution in [0.25, 0.3) is 0 Å². The number of carbonyl (C=O) groups is 2. The molecule has 9 heavy (non-hydrogen) atoms. The normalized spacial score (nSPS) is 6.89. The van der Waals surface area contributed by atoms with E-state index >= 15 is 0 Å². The Kier molecular flexibility index (Phi) is 3.14. The zero-order valence-corrected chi connectivity index (χ0v) is 5.34. The molecule has 0 N–H and O–H groups in total. The molecule has 0 aromatic rings. The van der Waals surface area contributed by atoms with Gasteiger partial charge in [0.1, 0.15) is 0 Å². The van der Waals surface area contributed by atoms with Crippen molar-refractivity contribution in [2.45, 2.75) is 0 Å². The highest BCUT2D eigenvalue weighted by Gasteiger charge is 1.94. The molecule has 0 aliphatic rings. The van der Waals surface area contributed by atoms with E-state index in [0.717, 1.165) is 0 Å². The van der Waals surface area contributed by atoms with Crippen molar-refractivity contribution < 1.29 is 9.59 Å². The molecule has 0 heterocycles. The van der Waals surface area contributed by atoms with Gasteiger partial charge in [0.15, 0.2) is 6.29 Å². The van der Waals surface area contributed by atoms with Gasteiger partial charge in [-0.25, -0.2) is 0 Å². The Morgan fingerprint density at radius 3 is 2.44 bits per heavy atom. The van der Waals surface area contributed by atoms with Crippen LogP contribution >= 0.6 is 0 Å². The summed E-state index contributed by atoms with van der Waals surface area (Å²) in [6, 6.07) is 0. The smallest absolute Gasteiger partial charge is 0.298 e. The van der Waals surface area contributed by atoms with Crippen LogP contribution in [-0.4, -0.2) is 31.2 Å². The molecule has 0 aromatic heterocycles. The van der Waals surface area contributed by atoms with Gasteiger partial charge in [0.05, 0.1) is 0 Å². The van der Waals surface area contributed by atoms with E-state index in [1.165, 1.54) is 4.90 Å². The lowest BCUT2D eigenvalue weighted by Gasteiger charge is -2.01. The van der Waals surface area contributed by atoms with Crippen molar-refractivity contribution in [3.8, 4) is 11.8 Å². The second kappa shape index (κ2) is 3.67. The maximum absolute atomic E-state index is 10.5. The van der Waals surface area contributed by atoms with Crippen LogP contribution in [0.15, 0.2) is 0 Å². The van der Waals surface area contributed by atoms with Gasteiger partial charge in [-0.2, -0.15) is 0 Å². The third kappa shape index (κ3) is 3.30. The summed E-state index contributed by atoms with van der Waals surface area (Å²) >= 11 is 0. The number of hydrogen-bond donors (Lipinski definition) is 0. The van der Waals surface area contributed by atoms with Gasteiger partial charge in [-0.15, -0.1) is 0 Å². The van der Waals surface area contributed by atoms with E-state index in [1.807, 2.05) is 5.92 Å². The molecular formula is C6H7NO2. The zero-order chi connectivity index (χ0) is 7.28. The minimum atomic E-state index is -0.359. The molecule has 0 spiro atoms. The molecule has 0 saturated carbocycles. The number of aldehydes is 1. The molecular weight excluding hydrogens is 118 g/mol. The van der Waals surface area contributed by atoms with Crippen LogP contribution in [0.3, 0.4) is 0 Å². The van der Waals surface area contributed by atoms with Crippen LogP contribution in [0.5, 0.6) is 0 Å². The van der Waals surface area contributed by atoms with E-state index in [1.54, 1.807) is 14.1 Å². The maximum Gasteiger partial charge on any atom is 0.298 e.